The summed E-state index contributed by atoms with van der Waals surface area (Å²) in [6.45, 7) is 0. The van der Waals surface area contributed by atoms with Crippen LogP contribution in [0.4, 0.5) is 0 Å². The highest BCUT2D eigenvalue weighted by Gasteiger charge is 2.24. The molecule has 0 saturated carbocycles. The van der Waals surface area contributed by atoms with Gasteiger partial charge in [0.2, 0.25) is 0 Å². The summed E-state index contributed by atoms with van der Waals surface area (Å²) in [7, 11) is 0. The van der Waals surface area contributed by atoms with Gasteiger partial charge in [-0.2, -0.15) is 0 Å². The van der Waals surface area contributed by atoms with Crippen LogP contribution >= 0.6 is 11.8 Å². The largest absolute Gasteiger partial charge is 0.481 e. The Labute approximate surface area is 81.0 Å². The third kappa shape index (κ3) is 1.70. The molecular formula is C10H10O2S. The predicted octanol–water partition coefficient (Wildman–Crippen LogP) is 2.45. The van der Waals surface area contributed by atoms with Crippen LogP contribution in [0.2, 0.25) is 0 Å². The molecule has 0 saturated heterocycles. The molecule has 1 atom stereocenters. The van der Waals surface area contributed by atoms with E-state index in [9.17, 15) is 4.79 Å². The number of carboxylic acid groups (broad SMARTS) is 1. The number of rotatable bonds is 2. The Kier molecular flexibility index (Phi) is 2.27. The molecule has 0 amide bonds. The monoisotopic (exact) mass is 194 g/mol. The first kappa shape index (κ1) is 8.63. The van der Waals surface area contributed by atoms with Gasteiger partial charge in [0.1, 0.15) is 0 Å². The molecule has 68 valence electrons. The van der Waals surface area contributed by atoms with Gasteiger partial charge < -0.3 is 5.11 Å². The first-order valence-electron chi connectivity index (χ1n) is 4.18. The summed E-state index contributed by atoms with van der Waals surface area (Å²) in [4.78, 5) is 10.6. The van der Waals surface area contributed by atoms with Crippen molar-refractivity contribution in [3.8, 4) is 0 Å². The highest BCUT2D eigenvalue weighted by molar-refractivity contribution is 7.99. The van der Waals surface area contributed by atoms with E-state index in [-0.39, 0.29) is 11.7 Å². The molecule has 1 aliphatic heterocycles. The topological polar surface area (TPSA) is 37.3 Å². The number of carbonyl (C=O) groups is 1. The molecule has 3 heteroatoms. The van der Waals surface area contributed by atoms with Gasteiger partial charge in [-0.05, 0) is 11.1 Å². The van der Waals surface area contributed by atoms with Crippen molar-refractivity contribution < 1.29 is 9.90 Å². The lowest BCUT2D eigenvalue weighted by Gasteiger charge is -2.06. The molecule has 0 fully saturated rings. The van der Waals surface area contributed by atoms with Crippen LogP contribution in [0.1, 0.15) is 22.8 Å². The van der Waals surface area contributed by atoms with Crippen molar-refractivity contribution in [1.29, 1.82) is 0 Å². The standard InChI is InChI=1S/C10H10O2S/c11-10(12)5-9-8-4-2-1-3-7(8)6-13-9/h1-4,9H,5-6H2,(H,11,12). The van der Waals surface area contributed by atoms with Crippen molar-refractivity contribution in [3.63, 3.8) is 0 Å². The molecule has 0 aromatic heterocycles. The van der Waals surface area contributed by atoms with E-state index in [0.29, 0.717) is 0 Å². The summed E-state index contributed by atoms with van der Waals surface area (Å²) in [5.74, 6) is 0.239. The number of aliphatic carboxylic acids is 1. The van der Waals surface area contributed by atoms with E-state index >= 15 is 0 Å². The first-order chi connectivity index (χ1) is 6.27. The van der Waals surface area contributed by atoms with Crippen molar-refractivity contribution >= 4 is 17.7 Å². The first-order valence-corrected chi connectivity index (χ1v) is 5.23. The van der Waals surface area contributed by atoms with Crippen LogP contribution in [0.15, 0.2) is 24.3 Å². The Morgan fingerprint density at radius 3 is 3.08 bits per heavy atom. The normalized spacial score (nSPS) is 19.8. The van der Waals surface area contributed by atoms with Crippen molar-refractivity contribution in [1.82, 2.24) is 0 Å². The molecule has 1 heterocycles. The minimum atomic E-state index is -0.714. The molecule has 2 nitrogen and oxygen atoms in total. The van der Waals surface area contributed by atoms with Crippen LogP contribution in [0.3, 0.4) is 0 Å². The molecule has 13 heavy (non-hydrogen) atoms. The Bertz CT molecular complexity index is 335. The van der Waals surface area contributed by atoms with Gasteiger partial charge in [-0.25, -0.2) is 0 Å². The fourth-order valence-corrected chi connectivity index (χ4v) is 2.90. The summed E-state index contributed by atoms with van der Waals surface area (Å²) >= 11 is 1.72. The molecule has 2 rings (SSSR count). The Balaban J connectivity index is 2.23. The maximum Gasteiger partial charge on any atom is 0.304 e. The highest BCUT2D eigenvalue weighted by Crippen LogP contribution is 2.43. The second-order valence-electron chi connectivity index (χ2n) is 3.10. The van der Waals surface area contributed by atoms with E-state index in [1.54, 1.807) is 11.8 Å². The lowest BCUT2D eigenvalue weighted by Crippen LogP contribution is -2.00. The van der Waals surface area contributed by atoms with Crippen molar-refractivity contribution in [2.75, 3.05) is 0 Å². The van der Waals surface area contributed by atoms with Gasteiger partial charge in [0, 0.05) is 11.0 Å². The Hall–Kier alpha value is -0.960. The fraction of sp³-hybridized carbons (Fsp3) is 0.300. The molecule has 0 aliphatic carbocycles. The molecule has 0 bridgehead atoms. The third-order valence-corrected chi connectivity index (χ3v) is 3.50. The zero-order valence-corrected chi connectivity index (χ0v) is 7.88. The minimum Gasteiger partial charge on any atom is -0.481 e. The Morgan fingerprint density at radius 2 is 2.31 bits per heavy atom. The number of fused-ring (bicyclic) bond motifs is 1. The van der Waals surface area contributed by atoms with Gasteiger partial charge in [-0.1, -0.05) is 24.3 Å². The van der Waals surface area contributed by atoms with Gasteiger partial charge in [-0.3, -0.25) is 4.79 Å². The quantitative estimate of drug-likeness (QED) is 0.785. The van der Waals surface area contributed by atoms with E-state index in [1.807, 2.05) is 18.2 Å². The highest BCUT2D eigenvalue weighted by atomic mass is 32.2. The summed E-state index contributed by atoms with van der Waals surface area (Å²) in [6, 6.07) is 8.08. The third-order valence-electron chi connectivity index (χ3n) is 2.20. The van der Waals surface area contributed by atoms with Crippen molar-refractivity contribution in [2.24, 2.45) is 0 Å². The second-order valence-corrected chi connectivity index (χ2v) is 4.29. The van der Waals surface area contributed by atoms with Crippen LogP contribution in [-0.4, -0.2) is 11.1 Å². The summed E-state index contributed by atoms with van der Waals surface area (Å²) in [5.41, 5.74) is 2.49. The molecule has 1 aromatic carbocycles. The molecule has 1 aliphatic rings. The number of benzene rings is 1. The molecule has 0 radical (unpaired) electrons. The molecule has 1 N–H and O–H groups in total. The van der Waals surface area contributed by atoms with Crippen LogP contribution in [0.25, 0.3) is 0 Å². The summed E-state index contributed by atoms with van der Waals surface area (Å²) < 4.78 is 0. The van der Waals surface area contributed by atoms with Gasteiger partial charge in [0.05, 0.1) is 6.42 Å². The Morgan fingerprint density at radius 1 is 1.54 bits per heavy atom. The van der Waals surface area contributed by atoms with Crippen molar-refractivity contribution in [2.45, 2.75) is 17.4 Å². The average Bonchev–Trinajstić information content (AvgIpc) is 2.48. The second kappa shape index (κ2) is 3.42. The average molecular weight is 194 g/mol. The smallest absolute Gasteiger partial charge is 0.304 e. The van der Waals surface area contributed by atoms with Gasteiger partial charge in [0.15, 0.2) is 0 Å². The van der Waals surface area contributed by atoms with Crippen molar-refractivity contribution in [3.05, 3.63) is 35.4 Å². The molecule has 0 spiro atoms. The maximum absolute atomic E-state index is 10.6. The number of hydrogen-bond acceptors (Lipinski definition) is 2. The SMILES string of the molecule is O=C(O)CC1SCc2ccccc21. The van der Waals surface area contributed by atoms with Crippen LogP contribution < -0.4 is 0 Å². The lowest BCUT2D eigenvalue weighted by molar-refractivity contribution is -0.137. The van der Waals surface area contributed by atoms with Gasteiger partial charge >= 0.3 is 5.97 Å². The van der Waals surface area contributed by atoms with E-state index in [0.717, 1.165) is 5.75 Å². The van der Waals surface area contributed by atoms with Gasteiger partial charge in [-0.15, -0.1) is 11.8 Å². The lowest BCUT2D eigenvalue weighted by atomic mass is 10.0. The molecular weight excluding hydrogens is 184 g/mol. The predicted molar refractivity (Wildman–Crippen MR) is 52.7 cm³/mol. The number of thioether (sulfide) groups is 1. The van der Waals surface area contributed by atoms with Crippen LogP contribution in [0, 0.1) is 0 Å². The zero-order valence-electron chi connectivity index (χ0n) is 7.06. The van der Waals surface area contributed by atoms with Gasteiger partial charge in [0.25, 0.3) is 0 Å². The fourth-order valence-electron chi connectivity index (χ4n) is 1.59. The van der Waals surface area contributed by atoms with Crippen LogP contribution in [0.5, 0.6) is 0 Å². The molecule has 1 aromatic rings. The number of hydrogen-bond donors (Lipinski definition) is 1. The van der Waals surface area contributed by atoms with Crippen LogP contribution in [-0.2, 0) is 10.5 Å². The van der Waals surface area contributed by atoms with E-state index in [4.69, 9.17) is 5.11 Å². The zero-order chi connectivity index (χ0) is 9.26. The summed E-state index contributed by atoms with van der Waals surface area (Å²) in [6.07, 6.45) is 0.238. The number of carboxylic acids is 1. The van der Waals surface area contributed by atoms with E-state index < -0.39 is 5.97 Å². The van der Waals surface area contributed by atoms with E-state index in [1.165, 1.54) is 11.1 Å². The summed E-state index contributed by atoms with van der Waals surface area (Å²) in [5, 5.41) is 8.85. The minimum absolute atomic E-state index is 0.161. The molecule has 1 unspecified atom stereocenters. The van der Waals surface area contributed by atoms with E-state index in [2.05, 4.69) is 6.07 Å². The maximum atomic E-state index is 10.6.